The average Bonchev–Trinajstić information content (AvgIpc) is 2.46. The van der Waals surface area contributed by atoms with E-state index in [1.165, 1.54) is 0 Å². The molecule has 0 saturated heterocycles. The molecule has 0 bridgehead atoms. The molecule has 0 unspecified atom stereocenters. The SMILES string of the molecule is CCN(CC)CCOc1ccc2c(O)cc(=O)oc2c1C.Cl. The van der Waals surface area contributed by atoms with Gasteiger partial charge in [0.05, 0.1) is 11.5 Å². The second-order valence-electron chi connectivity index (χ2n) is 4.89. The molecule has 1 N–H and O–H groups in total. The molecule has 0 amide bonds. The largest absolute Gasteiger partial charge is 0.507 e. The summed E-state index contributed by atoms with van der Waals surface area (Å²) in [6, 6.07) is 4.57. The van der Waals surface area contributed by atoms with Crippen molar-refractivity contribution in [1.82, 2.24) is 4.90 Å². The fourth-order valence-corrected chi connectivity index (χ4v) is 2.31. The van der Waals surface area contributed by atoms with Crippen LogP contribution in [0.25, 0.3) is 11.0 Å². The molecule has 0 atom stereocenters. The second kappa shape index (κ2) is 8.06. The smallest absolute Gasteiger partial charge is 0.339 e. The highest BCUT2D eigenvalue weighted by molar-refractivity contribution is 5.87. The summed E-state index contributed by atoms with van der Waals surface area (Å²) in [5, 5.41) is 10.3. The molecule has 2 rings (SSSR count). The highest BCUT2D eigenvalue weighted by Gasteiger charge is 2.11. The van der Waals surface area contributed by atoms with Crippen molar-refractivity contribution in [2.75, 3.05) is 26.2 Å². The van der Waals surface area contributed by atoms with Gasteiger partial charge in [-0.15, -0.1) is 12.4 Å². The molecule has 6 heteroatoms. The van der Waals surface area contributed by atoms with Crippen molar-refractivity contribution in [3.05, 3.63) is 34.2 Å². The number of nitrogens with zero attached hydrogens (tertiary/aromatic N) is 1. The fraction of sp³-hybridized carbons (Fsp3) is 0.438. The molecule has 122 valence electrons. The lowest BCUT2D eigenvalue weighted by Gasteiger charge is -2.18. The molecule has 5 nitrogen and oxygen atoms in total. The standard InChI is InChI=1S/C16H21NO4.ClH/c1-4-17(5-2)8-9-20-14-7-6-12-13(18)10-15(19)21-16(12)11(14)3;/h6-7,10,18H,4-5,8-9H2,1-3H3;1H. The zero-order chi connectivity index (χ0) is 15.4. The highest BCUT2D eigenvalue weighted by Crippen LogP contribution is 2.30. The highest BCUT2D eigenvalue weighted by atomic mass is 35.5. The predicted octanol–water partition coefficient (Wildman–Crippen LogP) is 2.95. The van der Waals surface area contributed by atoms with E-state index in [1.54, 1.807) is 12.1 Å². The Morgan fingerprint density at radius 1 is 1.27 bits per heavy atom. The maximum absolute atomic E-state index is 11.4. The quantitative estimate of drug-likeness (QED) is 0.826. The maximum Gasteiger partial charge on any atom is 0.339 e. The van der Waals surface area contributed by atoms with Crippen molar-refractivity contribution in [2.45, 2.75) is 20.8 Å². The summed E-state index contributed by atoms with van der Waals surface area (Å²) < 4.78 is 11.0. The van der Waals surface area contributed by atoms with Crippen LogP contribution in [0, 0.1) is 6.92 Å². The Hall–Kier alpha value is -1.72. The molecule has 1 heterocycles. The molecule has 2 aromatic rings. The summed E-state index contributed by atoms with van der Waals surface area (Å²) in [5.41, 5.74) is 0.531. The zero-order valence-corrected chi connectivity index (χ0v) is 13.9. The van der Waals surface area contributed by atoms with Gasteiger partial charge in [0.25, 0.3) is 0 Å². The molecule has 0 radical (unpaired) electrons. The third-order valence-corrected chi connectivity index (χ3v) is 3.65. The Labute approximate surface area is 135 Å². The molecule has 1 aromatic heterocycles. The summed E-state index contributed by atoms with van der Waals surface area (Å²) in [7, 11) is 0. The Morgan fingerprint density at radius 2 is 1.95 bits per heavy atom. The Balaban J connectivity index is 0.00000242. The number of hydrogen-bond donors (Lipinski definition) is 1. The van der Waals surface area contributed by atoms with Crippen LogP contribution < -0.4 is 10.4 Å². The van der Waals surface area contributed by atoms with E-state index >= 15 is 0 Å². The van der Waals surface area contributed by atoms with Gasteiger partial charge in [-0.3, -0.25) is 0 Å². The lowest BCUT2D eigenvalue weighted by Crippen LogP contribution is -2.28. The van der Waals surface area contributed by atoms with E-state index < -0.39 is 5.63 Å². The molecular weight excluding hydrogens is 306 g/mol. The first-order valence-electron chi connectivity index (χ1n) is 7.18. The van der Waals surface area contributed by atoms with Gasteiger partial charge in [0.1, 0.15) is 23.7 Å². The van der Waals surface area contributed by atoms with Crippen LogP contribution in [0.2, 0.25) is 0 Å². The predicted molar refractivity (Wildman–Crippen MR) is 89.4 cm³/mol. The monoisotopic (exact) mass is 327 g/mol. The molecule has 1 aromatic carbocycles. The normalized spacial score (nSPS) is 10.7. The van der Waals surface area contributed by atoms with Gasteiger partial charge in [0.2, 0.25) is 0 Å². The number of aryl methyl sites for hydroxylation is 1. The Kier molecular flexibility index (Phi) is 6.71. The van der Waals surface area contributed by atoms with Crippen LogP contribution in [0.1, 0.15) is 19.4 Å². The molecule has 0 aliphatic heterocycles. The van der Waals surface area contributed by atoms with E-state index in [0.29, 0.717) is 23.3 Å². The van der Waals surface area contributed by atoms with E-state index in [9.17, 15) is 9.90 Å². The number of benzene rings is 1. The molecule has 0 aliphatic carbocycles. The van der Waals surface area contributed by atoms with E-state index in [1.807, 2.05) is 6.92 Å². The summed E-state index contributed by atoms with van der Waals surface area (Å²) in [5.74, 6) is 0.599. The Morgan fingerprint density at radius 3 is 2.59 bits per heavy atom. The summed E-state index contributed by atoms with van der Waals surface area (Å²) in [4.78, 5) is 13.6. The summed E-state index contributed by atoms with van der Waals surface area (Å²) in [6.07, 6.45) is 0. The number of rotatable bonds is 6. The van der Waals surface area contributed by atoms with Crippen LogP contribution in [-0.2, 0) is 0 Å². The number of aromatic hydroxyl groups is 1. The zero-order valence-electron chi connectivity index (χ0n) is 13.1. The summed E-state index contributed by atoms with van der Waals surface area (Å²) in [6.45, 7) is 9.42. The third-order valence-electron chi connectivity index (χ3n) is 3.65. The topological polar surface area (TPSA) is 62.9 Å². The lowest BCUT2D eigenvalue weighted by molar-refractivity contribution is 0.222. The fourth-order valence-electron chi connectivity index (χ4n) is 2.31. The van der Waals surface area contributed by atoms with Gasteiger partial charge in [-0.05, 0) is 32.1 Å². The van der Waals surface area contributed by atoms with Gasteiger partial charge < -0.3 is 19.2 Å². The number of likely N-dealkylation sites (N-methyl/N-ethyl adjacent to an activating group) is 1. The number of ether oxygens (including phenoxy) is 1. The van der Waals surface area contributed by atoms with Gasteiger partial charge >= 0.3 is 5.63 Å². The van der Waals surface area contributed by atoms with Crippen LogP contribution >= 0.6 is 12.4 Å². The first-order chi connectivity index (χ1) is 10.1. The maximum atomic E-state index is 11.4. The van der Waals surface area contributed by atoms with Crippen LogP contribution in [0.5, 0.6) is 11.5 Å². The molecule has 0 aliphatic rings. The van der Waals surface area contributed by atoms with Crippen LogP contribution in [0.3, 0.4) is 0 Å². The van der Waals surface area contributed by atoms with Crippen molar-refractivity contribution >= 4 is 23.4 Å². The van der Waals surface area contributed by atoms with E-state index in [2.05, 4.69) is 18.7 Å². The van der Waals surface area contributed by atoms with E-state index in [-0.39, 0.29) is 18.2 Å². The lowest BCUT2D eigenvalue weighted by atomic mass is 10.1. The molecule has 0 fully saturated rings. The first kappa shape index (κ1) is 18.3. The van der Waals surface area contributed by atoms with Crippen LogP contribution in [0.15, 0.2) is 27.4 Å². The van der Waals surface area contributed by atoms with Gasteiger partial charge in [0.15, 0.2) is 0 Å². The van der Waals surface area contributed by atoms with Crippen molar-refractivity contribution in [3.8, 4) is 11.5 Å². The van der Waals surface area contributed by atoms with Gasteiger partial charge in [-0.25, -0.2) is 4.79 Å². The van der Waals surface area contributed by atoms with Crippen LogP contribution in [0.4, 0.5) is 0 Å². The minimum atomic E-state index is -0.566. The second-order valence-corrected chi connectivity index (χ2v) is 4.89. The third kappa shape index (κ3) is 3.93. The molecule has 0 saturated carbocycles. The number of fused-ring (bicyclic) bond motifs is 1. The number of halogens is 1. The van der Waals surface area contributed by atoms with Gasteiger partial charge in [-0.2, -0.15) is 0 Å². The average molecular weight is 328 g/mol. The first-order valence-corrected chi connectivity index (χ1v) is 7.18. The minimum absolute atomic E-state index is 0. The molecule has 0 spiro atoms. The molecular formula is C16H22ClNO4. The van der Waals surface area contributed by atoms with E-state index in [0.717, 1.165) is 31.3 Å². The Bertz CT molecular complexity index is 680. The van der Waals surface area contributed by atoms with Crippen molar-refractivity contribution in [1.29, 1.82) is 0 Å². The van der Waals surface area contributed by atoms with Crippen LogP contribution in [-0.4, -0.2) is 36.2 Å². The van der Waals surface area contributed by atoms with Gasteiger partial charge in [-0.1, -0.05) is 13.8 Å². The minimum Gasteiger partial charge on any atom is -0.507 e. The van der Waals surface area contributed by atoms with Gasteiger partial charge in [0, 0.05) is 12.1 Å². The van der Waals surface area contributed by atoms with Crippen molar-refractivity contribution < 1.29 is 14.3 Å². The van der Waals surface area contributed by atoms with Crippen molar-refractivity contribution in [2.24, 2.45) is 0 Å². The molecule has 22 heavy (non-hydrogen) atoms. The van der Waals surface area contributed by atoms with E-state index in [4.69, 9.17) is 9.15 Å². The van der Waals surface area contributed by atoms with Crippen molar-refractivity contribution in [3.63, 3.8) is 0 Å². The summed E-state index contributed by atoms with van der Waals surface area (Å²) >= 11 is 0. The number of hydrogen-bond acceptors (Lipinski definition) is 5.